The minimum atomic E-state index is 0.428. The molecule has 0 saturated carbocycles. The van der Waals surface area contributed by atoms with Gasteiger partial charge in [-0.25, -0.2) is 0 Å². The molecule has 1 N–H and O–H groups in total. The average molecular weight is 144 g/mol. The first-order chi connectivity index (χ1) is 4.34. The van der Waals surface area contributed by atoms with Crippen LogP contribution >= 0.6 is 11.3 Å². The fourth-order valence-electron chi connectivity index (χ4n) is 0.511. The van der Waals surface area contributed by atoms with E-state index in [4.69, 9.17) is 10.2 Å². The van der Waals surface area contributed by atoms with Crippen LogP contribution in [0.1, 0.15) is 6.92 Å². The van der Waals surface area contributed by atoms with Crippen molar-refractivity contribution in [3.05, 3.63) is 16.4 Å². The Morgan fingerprint density at radius 1 is 1.89 bits per heavy atom. The predicted octanol–water partition coefficient (Wildman–Crippen LogP) is 0.478. The van der Waals surface area contributed by atoms with Gasteiger partial charge in [-0.2, -0.15) is 4.73 Å². The Kier molecular flexibility index (Phi) is 1.89. The van der Waals surface area contributed by atoms with Crippen molar-refractivity contribution in [2.24, 2.45) is 0 Å². The quantitative estimate of drug-likeness (QED) is 0.644. The third-order valence-electron chi connectivity index (χ3n) is 0.844. The van der Waals surface area contributed by atoms with E-state index in [0.29, 0.717) is 11.4 Å². The second kappa shape index (κ2) is 2.68. The largest absolute Gasteiger partial charge is 0.412 e. The van der Waals surface area contributed by atoms with Crippen molar-refractivity contribution >= 4 is 11.3 Å². The molecule has 0 aliphatic carbocycles. The van der Waals surface area contributed by atoms with Crippen molar-refractivity contribution in [2.75, 3.05) is 6.61 Å². The summed E-state index contributed by atoms with van der Waals surface area (Å²) in [6.07, 6.45) is 1.73. The van der Waals surface area contributed by atoms with Gasteiger partial charge in [0.2, 0.25) is 4.80 Å². The minimum absolute atomic E-state index is 0.428. The molecule has 0 fully saturated rings. The molecule has 0 radical (unpaired) electrons. The summed E-state index contributed by atoms with van der Waals surface area (Å²) in [5.41, 5.74) is 0. The van der Waals surface area contributed by atoms with Crippen molar-refractivity contribution in [1.82, 2.24) is 4.73 Å². The highest BCUT2D eigenvalue weighted by molar-refractivity contribution is 7.06. The Morgan fingerprint density at radius 3 is 3.11 bits per heavy atom. The van der Waals surface area contributed by atoms with Gasteiger partial charge in [-0.05, 0) is 6.92 Å². The predicted molar refractivity (Wildman–Crippen MR) is 35.3 cm³/mol. The van der Waals surface area contributed by atoms with E-state index in [1.807, 2.05) is 12.3 Å². The van der Waals surface area contributed by atoms with Gasteiger partial charge < -0.3 is 4.84 Å². The van der Waals surface area contributed by atoms with Crippen molar-refractivity contribution in [1.29, 1.82) is 5.41 Å². The number of thiazole rings is 1. The summed E-state index contributed by atoms with van der Waals surface area (Å²) in [5.74, 6) is 0. The lowest BCUT2D eigenvalue weighted by Crippen LogP contribution is -2.20. The Labute approximate surface area is 57.0 Å². The summed E-state index contributed by atoms with van der Waals surface area (Å²) in [7, 11) is 0. The number of rotatable bonds is 2. The van der Waals surface area contributed by atoms with Crippen LogP contribution in [0.2, 0.25) is 0 Å². The Balaban J connectivity index is 2.81. The molecule has 1 rings (SSSR count). The molecule has 0 atom stereocenters. The van der Waals surface area contributed by atoms with Gasteiger partial charge in [0.1, 0.15) is 6.61 Å². The lowest BCUT2D eigenvalue weighted by molar-refractivity contribution is 0.114. The molecule has 50 valence electrons. The van der Waals surface area contributed by atoms with Crippen LogP contribution in [-0.2, 0) is 0 Å². The van der Waals surface area contributed by atoms with Crippen LogP contribution in [0, 0.1) is 5.41 Å². The molecule has 1 heterocycles. The van der Waals surface area contributed by atoms with Crippen LogP contribution in [0.4, 0.5) is 0 Å². The lowest BCUT2D eigenvalue weighted by atomic mass is 10.9. The maximum absolute atomic E-state index is 7.21. The number of nitrogens with zero attached hydrogens (tertiary/aromatic N) is 1. The molecule has 9 heavy (non-hydrogen) atoms. The summed E-state index contributed by atoms with van der Waals surface area (Å²) >= 11 is 1.35. The van der Waals surface area contributed by atoms with E-state index in [-0.39, 0.29) is 0 Å². The highest BCUT2D eigenvalue weighted by atomic mass is 32.1. The van der Waals surface area contributed by atoms with Gasteiger partial charge in [-0.3, -0.25) is 5.41 Å². The summed E-state index contributed by atoms with van der Waals surface area (Å²) in [4.78, 5) is 5.44. The van der Waals surface area contributed by atoms with Crippen LogP contribution in [0.3, 0.4) is 0 Å². The smallest absolute Gasteiger partial charge is 0.216 e. The molecular weight excluding hydrogens is 136 g/mol. The van der Waals surface area contributed by atoms with E-state index in [1.54, 1.807) is 6.20 Å². The lowest BCUT2D eigenvalue weighted by Gasteiger charge is -1.99. The van der Waals surface area contributed by atoms with Gasteiger partial charge in [-0.1, -0.05) is 0 Å². The van der Waals surface area contributed by atoms with Gasteiger partial charge in [0, 0.05) is 5.38 Å². The molecule has 1 aromatic heterocycles. The summed E-state index contributed by atoms with van der Waals surface area (Å²) in [6.45, 7) is 2.50. The van der Waals surface area contributed by atoms with Crippen molar-refractivity contribution < 1.29 is 4.84 Å². The molecular formula is C5H8N2OS. The first-order valence-corrected chi connectivity index (χ1v) is 3.56. The fraction of sp³-hybridized carbons (Fsp3) is 0.400. The average Bonchev–Trinajstić information content (AvgIpc) is 2.18. The van der Waals surface area contributed by atoms with E-state index in [2.05, 4.69) is 0 Å². The normalized spacial score (nSPS) is 9.44. The van der Waals surface area contributed by atoms with Gasteiger partial charge in [0.05, 0.1) is 6.20 Å². The molecule has 0 aliphatic rings. The fourth-order valence-corrected chi connectivity index (χ4v) is 1.03. The third-order valence-corrected chi connectivity index (χ3v) is 1.51. The molecule has 0 spiro atoms. The summed E-state index contributed by atoms with van der Waals surface area (Å²) in [5, 5.41) is 9.03. The van der Waals surface area contributed by atoms with E-state index in [0.717, 1.165) is 0 Å². The third kappa shape index (κ3) is 1.32. The van der Waals surface area contributed by atoms with Crippen LogP contribution in [0.25, 0.3) is 0 Å². The highest BCUT2D eigenvalue weighted by Gasteiger charge is 1.88. The number of aromatic nitrogens is 1. The Bertz CT molecular complexity index is 227. The maximum Gasteiger partial charge on any atom is 0.216 e. The zero-order chi connectivity index (χ0) is 6.69. The molecule has 4 heteroatoms. The molecule has 0 aliphatic heterocycles. The minimum Gasteiger partial charge on any atom is -0.412 e. The first-order valence-electron chi connectivity index (χ1n) is 2.68. The van der Waals surface area contributed by atoms with Crippen molar-refractivity contribution in [3.8, 4) is 0 Å². The van der Waals surface area contributed by atoms with Crippen LogP contribution in [0.5, 0.6) is 0 Å². The van der Waals surface area contributed by atoms with E-state index in [9.17, 15) is 0 Å². The second-order valence-corrected chi connectivity index (χ2v) is 2.35. The van der Waals surface area contributed by atoms with Gasteiger partial charge in [-0.15, -0.1) is 11.3 Å². The standard InChI is InChI=1S/C5H8N2OS/c1-2-8-7-3-4-9-5(7)6/h3-4,6H,2H2,1H3. The van der Waals surface area contributed by atoms with E-state index < -0.39 is 0 Å². The van der Waals surface area contributed by atoms with E-state index in [1.165, 1.54) is 16.1 Å². The van der Waals surface area contributed by atoms with Crippen molar-refractivity contribution in [2.45, 2.75) is 6.92 Å². The van der Waals surface area contributed by atoms with Gasteiger partial charge in [0.15, 0.2) is 0 Å². The monoisotopic (exact) mass is 144 g/mol. The molecule has 3 nitrogen and oxygen atoms in total. The van der Waals surface area contributed by atoms with Crippen LogP contribution < -0.4 is 9.64 Å². The van der Waals surface area contributed by atoms with Crippen molar-refractivity contribution in [3.63, 3.8) is 0 Å². The molecule has 0 aromatic carbocycles. The zero-order valence-corrected chi connectivity index (χ0v) is 5.94. The molecule has 0 saturated heterocycles. The number of nitrogens with one attached hydrogen (secondary N) is 1. The second-order valence-electron chi connectivity index (χ2n) is 1.45. The first kappa shape index (κ1) is 6.35. The summed E-state index contributed by atoms with van der Waals surface area (Å²) < 4.78 is 1.45. The highest BCUT2D eigenvalue weighted by Crippen LogP contribution is 1.84. The summed E-state index contributed by atoms with van der Waals surface area (Å²) in [6, 6.07) is 0. The number of hydrogen-bond donors (Lipinski definition) is 1. The molecule has 0 unspecified atom stereocenters. The van der Waals surface area contributed by atoms with Gasteiger partial charge >= 0.3 is 0 Å². The van der Waals surface area contributed by atoms with Crippen LogP contribution in [0.15, 0.2) is 11.6 Å². The molecule has 0 bridgehead atoms. The van der Waals surface area contributed by atoms with E-state index >= 15 is 0 Å². The van der Waals surface area contributed by atoms with Crippen LogP contribution in [-0.4, -0.2) is 11.3 Å². The zero-order valence-electron chi connectivity index (χ0n) is 5.13. The van der Waals surface area contributed by atoms with Gasteiger partial charge in [0.25, 0.3) is 0 Å². The SMILES string of the molecule is CCOn1ccsc1=N. The molecule has 1 aromatic rings. The Morgan fingerprint density at radius 2 is 2.67 bits per heavy atom. The Hall–Kier alpha value is -0.770. The molecule has 0 amide bonds. The maximum atomic E-state index is 7.21. The number of hydrogen-bond acceptors (Lipinski definition) is 3. The topological polar surface area (TPSA) is 38.0 Å².